The van der Waals surface area contributed by atoms with Crippen LogP contribution in [0.2, 0.25) is 10.0 Å². The van der Waals surface area contributed by atoms with Gasteiger partial charge in [0.15, 0.2) is 0 Å². The minimum Gasteiger partial charge on any atom is -0.0880 e. The van der Waals surface area contributed by atoms with Crippen molar-refractivity contribution in [3.05, 3.63) is 39.4 Å². The number of allylic oxidation sites excluding steroid dienone is 1. The predicted octanol–water partition coefficient (Wildman–Crippen LogP) is 6.35. The first-order valence-corrected chi connectivity index (χ1v) is 8.30. The van der Waals surface area contributed by atoms with Crippen molar-refractivity contribution in [3.63, 3.8) is 0 Å². The molecule has 0 N–H and O–H groups in total. The molecule has 2 rings (SSSR count). The largest absolute Gasteiger partial charge is 0.0880 e. The standard InChI is InChI=1S/C15H17BrCl2/c16-10-13(12-4-2-1-3-5-12)8-11-6-7-14(17)15(18)9-11/h6-9,12H,1-5,10H2. The summed E-state index contributed by atoms with van der Waals surface area (Å²) in [5.74, 6) is 0.729. The van der Waals surface area contributed by atoms with E-state index in [1.807, 2.05) is 18.2 Å². The van der Waals surface area contributed by atoms with Crippen LogP contribution in [-0.4, -0.2) is 5.33 Å². The summed E-state index contributed by atoms with van der Waals surface area (Å²) in [5.41, 5.74) is 2.62. The van der Waals surface area contributed by atoms with E-state index in [2.05, 4.69) is 22.0 Å². The van der Waals surface area contributed by atoms with Crippen molar-refractivity contribution in [2.75, 3.05) is 5.33 Å². The van der Waals surface area contributed by atoms with E-state index in [0.29, 0.717) is 10.0 Å². The molecular weight excluding hydrogens is 331 g/mol. The zero-order valence-corrected chi connectivity index (χ0v) is 13.4. The summed E-state index contributed by atoms with van der Waals surface area (Å²) in [5, 5.41) is 2.19. The van der Waals surface area contributed by atoms with E-state index in [9.17, 15) is 0 Å². The number of halogens is 3. The molecule has 0 aliphatic heterocycles. The molecule has 0 saturated heterocycles. The van der Waals surface area contributed by atoms with Gasteiger partial charge in [-0.05, 0) is 36.5 Å². The molecular formula is C15H17BrCl2. The Bertz CT molecular complexity index is 434. The molecule has 0 nitrogen and oxygen atoms in total. The maximum absolute atomic E-state index is 6.05. The van der Waals surface area contributed by atoms with E-state index >= 15 is 0 Å². The van der Waals surface area contributed by atoms with Crippen LogP contribution in [0.5, 0.6) is 0 Å². The van der Waals surface area contributed by atoms with Crippen LogP contribution in [0.15, 0.2) is 23.8 Å². The Morgan fingerprint density at radius 1 is 1.17 bits per heavy atom. The van der Waals surface area contributed by atoms with E-state index in [4.69, 9.17) is 23.2 Å². The van der Waals surface area contributed by atoms with E-state index in [1.54, 1.807) is 0 Å². The Kier molecular flexibility index (Phi) is 5.59. The predicted molar refractivity (Wildman–Crippen MR) is 84.8 cm³/mol. The number of alkyl halides is 1. The van der Waals surface area contributed by atoms with Gasteiger partial charge in [0.25, 0.3) is 0 Å². The monoisotopic (exact) mass is 346 g/mol. The third-order valence-corrected chi connectivity index (χ3v) is 4.97. The Hall–Kier alpha value is 0.0200. The number of hydrogen-bond acceptors (Lipinski definition) is 0. The van der Waals surface area contributed by atoms with Gasteiger partial charge in [0.05, 0.1) is 10.0 Å². The van der Waals surface area contributed by atoms with Crippen LogP contribution in [0, 0.1) is 5.92 Å². The van der Waals surface area contributed by atoms with Gasteiger partial charge in [-0.25, -0.2) is 0 Å². The lowest BCUT2D eigenvalue weighted by Crippen LogP contribution is -2.10. The molecule has 0 spiro atoms. The molecule has 1 aromatic rings. The Labute approximate surface area is 127 Å². The van der Waals surface area contributed by atoms with Crippen molar-refractivity contribution in [2.24, 2.45) is 5.92 Å². The Balaban J connectivity index is 2.19. The fraction of sp³-hybridized carbons (Fsp3) is 0.467. The van der Waals surface area contributed by atoms with Crippen molar-refractivity contribution in [1.82, 2.24) is 0 Å². The lowest BCUT2D eigenvalue weighted by atomic mass is 9.84. The zero-order valence-electron chi connectivity index (χ0n) is 10.3. The van der Waals surface area contributed by atoms with Crippen molar-refractivity contribution in [1.29, 1.82) is 0 Å². The van der Waals surface area contributed by atoms with Gasteiger partial charge < -0.3 is 0 Å². The van der Waals surface area contributed by atoms with Crippen molar-refractivity contribution < 1.29 is 0 Å². The summed E-state index contributed by atoms with van der Waals surface area (Å²) in [7, 11) is 0. The van der Waals surface area contributed by atoms with Gasteiger partial charge in [0, 0.05) is 5.33 Å². The lowest BCUT2D eigenvalue weighted by Gasteiger charge is -2.23. The van der Waals surface area contributed by atoms with Gasteiger partial charge in [-0.1, -0.05) is 76.1 Å². The van der Waals surface area contributed by atoms with Gasteiger partial charge >= 0.3 is 0 Å². The Morgan fingerprint density at radius 2 is 1.89 bits per heavy atom. The minimum atomic E-state index is 0.617. The topological polar surface area (TPSA) is 0 Å². The first-order valence-electron chi connectivity index (χ1n) is 6.42. The average molecular weight is 348 g/mol. The molecule has 0 amide bonds. The highest BCUT2D eigenvalue weighted by molar-refractivity contribution is 9.09. The minimum absolute atomic E-state index is 0.617. The molecule has 0 aromatic heterocycles. The normalized spacial score (nSPS) is 18.1. The average Bonchev–Trinajstić information content (AvgIpc) is 2.41. The smallest absolute Gasteiger partial charge is 0.0598 e. The molecule has 1 aliphatic carbocycles. The van der Waals surface area contributed by atoms with E-state index < -0.39 is 0 Å². The highest BCUT2D eigenvalue weighted by Crippen LogP contribution is 2.32. The van der Waals surface area contributed by atoms with Gasteiger partial charge in [-0.15, -0.1) is 0 Å². The van der Waals surface area contributed by atoms with Gasteiger partial charge in [-0.2, -0.15) is 0 Å². The van der Waals surface area contributed by atoms with E-state index in [0.717, 1.165) is 16.8 Å². The first kappa shape index (κ1) is 14.4. The van der Waals surface area contributed by atoms with Crippen LogP contribution in [0.25, 0.3) is 6.08 Å². The van der Waals surface area contributed by atoms with Crippen LogP contribution in [0.3, 0.4) is 0 Å². The third kappa shape index (κ3) is 3.76. The highest BCUT2D eigenvalue weighted by atomic mass is 79.9. The molecule has 0 unspecified atom stereocenters. The molecule has 0 radical (unpaired) electrons. The van der Waals surface area contributed by atoms with Gasteiger partial charge in [0.2, 0.25) is 0 Å². The molecule has 0 atom stereocenters. The molecule has 98 valence electrons. The summed E-state index contributed by atoms with van der Waals surface area (Å²) < 4.78 is 0. The fourth-order valence-corrected chi connectivity index (χ4v) is 3.48. The van der Waals surface area contributed by atoms with Crippen LogP contribution in [0.1, 0.15) is 37.7 Å². The number of hydrogen-bond donors (Lipinski definition) is 0. The molecule has 1 saturated carbocycles. The summed E-state index contributed by atoms with van der Waals surface area (Å²) in [6.45, 7) is 0. The van der Waals surface area contributed by atoms with Gasteiger partial charge in [-0.3, -0.25) is 0 Å². The van der Waals surface area contributed by atoms with Crippen molar-refractivity contribution in [3.8, 4) is 0 Å². The highest BCUT2D eigenvalue weighted by Gasteiger charge is 2.17. The summed E-state index contributed by atoms with van der Waals surface area (Å²) >= 11 is 15.6. The molecule has 0 heterocycles. The molecule has 0 bridgehead atoms. The summed E-state index contributed by atoms with van der Waals surface area (Å²) in [6, 6.07) is 5.83. The molecule has 1 aliphatic rings. The maximum Gasteiger partial charge on any atom is 0.0598 e. The lowest BCUT2D eigenvalue weighted by molar-refractivity contribution is 0.405. The van der Waals surface area contributed by atoms with Crippen LogP contribution in [0.4, 0.5) is 0 Å². The summed E-state index contributed by atoms with van der Waals surface area (Å²) in [4.78, 5) is 0. The van der Waals surface area contributed by atoms with E-state index in [1.165, 1.54) is 37.7 Å². The zero-order chi connectivity index (χ0) is 13.0. The quantitative estimate of drug-likeness (QED) is 0.558. The Morgan fingerprint density at radius 3 is 2.50 bits per heavy atom. The SMILES string of the molecule is Clc1ccc(C=C(CBr)C2CCCCC2)cc1Cl. The molecule has 18 heavy (non-hydrogen) atoms. The van der Waals surface area contributed by atoms with Crippen molar-refractivity contribution >= 4 is 45.2 Å². The van der Waals surface area contributed by atoms with Crippen molar-refractivity contribution in [2.45, 2.75) is 32.1 Å². The fourth-order valence-electron chi connectivity index (χ4n) is 2.56. The molecule has 1 fully saturated rings. The maximum atomic E-state index is 6.05. The second-order valence-electron chi connectivity index (χ2n) is 4.86. The molecule has 3 heteroatoms. The summed E-state index contributed by atoms with van der Waals surface area (Å²) in [6.07, 6.45) is 9.00. The van der Waals surface area contributed by atoms with Crippen LogP contribution < -0.4 is 0 Å². The number of rotatable bonds is 3. The second-order valence-corrected chi connectivity index (χ2v) is 6.24. The third-order valence-electron chi connectivity index (χ3n) is 3.58. The number of benzene rings is 1. The van der Waals surface area contributed by atoms with Crippen LogP contribution in [-0.2, 0) is 0 Å². The second kappa shape index (κ2) is 6.98. The van der Waals surface area contributed by atoms with Gasteiger partial charge in [0.1, 0.15) is 0 Å². The van der Waals surface area contributed by atoms with Crippen LogP contribution >= 0.6 is 39.1 Å². The van der Waals surface area contributed by atoms with E-state index in [-0.39, 0.29) is 0 Å². The first-order chi connectivity index (χ1) is 8.70. The molecule has 1 aromatic carbocycles.